The quantitative estimate of drug-likeness (QED) is 0.222. The van der Waals surface area contributed by atoms with E-state index in [1.165, 1.54) is 41.7 Å². The number of nitro groups is 1. The number of hydrogen-bond donors (Lipinski definition) is 2. The lowest BCUT2D eigenvalue weighted by atomic mass is 9.99. The van der Waals surface area contributed by atoms with Gasteiger partial charge in [-0.05, 0) is 47.9 Å². The molecule has 13 heteroatoms. The Labute approximate surface area is 223 Å². The zero-order chi connectivity index (χ0) is 27.6. The number of aromatic nitrogens is 2. The standard InChI is InChI=1S/C26H21F3N6O3S/c27-26(28,29)19-3-1-2-4-21(19)33-25-34(12-11-30-23-9-7-18(14-31-23)35(37)38)22(15-39-25)17-5-8-20-16(13-17)6-10-24(36)32-20/h1-5,7-9,13-15H,6,10-12H2,(H,30,31)(H,32,36). The summed E-state index contributed by atoms with van der Waals surface area (Å²) in [5, 5.41) is 18.6. The molecule has 0 atom stereocenters. The van der Waals surface area contributed by atoms with Crippen LogP contribution in [0.2, 0.25) is 0 Å². The average molecular weight is 555 g/mol. The predicted octanol–water partition coefficient (Wildman–Crippen LogP) is 5.77. The Morgan fingerprint density at radius 3 is 2.72 bits per heavy atom. The topological polar surface area (TPSA) is 114 Å². The van der Waals surface area contributed by atoms with Crippen LogP contribution >= 0.6 is 11.3 Å². The molecule has 1 aliphatic heterocycles. The van der Waals surface area contributed by atoms with E-state index in [4.69, 9.17) is 0 Å². The summed E-state index contributed by atoms with van der Waals surface area (Å²) < 4.78 is 42.7. The van der Waals surface area contributed by atoms with Crippen LogP contribution in [0.4, 0.5) is 36.1 Å². The van der Waals surface area contributed by atoms with Gasteiger partial charge in [0, 0.05) is 36.6 Å². The van der Waals surface area contributed by atoms with E-state index < -0.39 is 16.7 Å². The minimum absolute atomic E-state index is 0.0452. The molecule has 4 aromatic rings. The third kappa shape index (κ3) is 5.82. The molecular weight excluding hydrogens is 533 g/mol. The second-order valence-corrected chi connectivity index (χ2v) is 9.52. The summed E-state index contributed by atoms with van der Waals surface area (Å²) in [6.45, 7) is 0.641. The number of fused-ring (bicyclic) bond motifs is 1. The molecule has 1 aliphatic rings. The molecule has 0 aliphatic carbocycles. The van der Waals surface area contributed by atoms with Crippen molar-refractivity contribution in [3.63, 3.8) is 0 Å². The normalized spacial score (nSPS) is 13.6. The Morgan fingerprint density at radius 1 is 1.15 bits per heavy atom. The molecule has 200 valence electrons. The van der Waals surface area contributed by atoms with Gasteiger partial charge in [-0.25, -0.2) is 9.98 Å². The van der Waals surface area contributed by atoms with Crippen molar-refractivity contribution in [2.75, 3.05) is 17.2 Å². The molecule has 0 radical (unpaired) electrons. The fraction of sp³-hybridized carbons (Fsp3) is 0.192. The molecule has 0 spiro atoms. The Hall–Kier alpha value is -4.52. The highest BCUT2D eigenvalue weighted by Gasteiger charge is 2.33. The van der Waals surface area contributed by atoms with Crippen LogP contribution in [0.25, 0.3) is 11.3 Å². The maximum atomic E-state index is 13.6. The molecular formula is C26H21F3N6O3S. The smallest absolute Gasteiger partial charge is 0.368 e. The minimum Gasteiger partial charge on any atom is -0.368 e. The molecule has 2 aromatic heterocycles. The van der Waals surface area contributed by atoms with Crippen molar-refractivity contribution in [2.24, 2.45) is 4.99 Å². The summed E-state index contributed by atoms with van der Waals surface area (Å²) in [5.74, 6) is 0.375. The Balaban J connectivity index is 1.51. The van der Waals surface area contributed by atoms with Crippen LogP contribution in [0, 0.1) is 10.1 Å². The summed E-state index contributed by atoms with van der Waals surface area (Å²) >= 11 is 1.22. The summed E-state index contributed by atoms with van der Waals surface area (Å²) in [6.07, 6.45) is -2.45. The average Bonchev–Trinajstić information content (AvgIpc) is 3.30. The summed E-state index contributed by atoms with van der Waals surface area (Å²) in [5.41, 5.74) is 2.14. The third-order valence-corrected chi connectivity index (χ3v) is 6.98. The molecule has 2 N–H and O–H groups in total. The Bertz CT molecular complexity index is 1610. The fourth-order valence-electron chi connectivity index (χ4n) is 4.22. The van der Waals surface area contributed by atoms with Crippen molar-refractivity contribution in [1.82, 2.24) is 9.55 Å². The number of thiazole rings is 1. The van der Waals surface area contributed by atoms with Crippen LogP contribution < -0.4 is 15.4 Å². The number of carbonyl (C=O) groups is 1. The zero-order valence-electron chi connectivity index (χ0n) is 20.2. The molecule has 1 amide bonds. The van der Waals surface area contributed by atoms with Crippen LogP contribution in [0.1, 0.15) is 17.5 Å². The van der Waals surface area contributed by atoms with Gasteiger partial charge in [0.25, 0.3) is 5.69 Å². The lowest BCUT2D eigenvalue weighted by Gasteiger charge is -2.18. The van der Waals surface area contributed by atoms with Crippen molar-refractivity contribution in [1.29, 1.82) is 0 Å². The SMILES string of the molecule is O=C1CCc2cc(-c3csc(=Nc4ccccc4C(F)(F)F)n3CCNc3ccc([N+](=O)[O-])cn3)ccc2N1. The Kier molecular flexibility index (Phi) is 7.15. The van der Waals surface area contributed by atoms with Gasteiger partial charge in [0.05, 0.1) is 21.9 Å². The molecule has 2 aromatic carbocycles. The van der Waals surface area contributed by atoms with Crippen molar-refractivity contribution < 1.29 is 22.9 Å². The monoisotopic (exact) mass is 554 g/mol. The third-order valence-electron chi connectivity index (χ3n) is 6.12. The van der Waals surface area contributed by atoms with Crippen molar-refractivity contribution in [3.05, 3.63) is 92.2 Å². The second-order valence-electron chi connectivity index (χ2n) is 8.69. The zero-order valence-corrected chi connectivity index (χ0v) is 21.1. The molecule has 0 fully saturated rings. The van der Waals surface area contributed by atoms with Crippen molar-refractivity contribution in [3.8, 4) is 11.3 Å². The van der Waals surface area contributed by atoms with Crippen LogP contribution in [-0.2, 0) is 23.9 Å². The number of benzene rings is 2. The van der Waals surface area contributed by atoms with E-state index in [1.54, 1.807) is 0 Å². The molecule has 0 bridgehead atoms. The van der Waals surface area contributed by atoms with E-state index in [-0.39, 0.29) is 17.3 Å². The van der Waals surface area contributed by atoms with E-state index in [0.29, 0.717) is 36.6 Å². The van der Waals surface area contributed by atoms with E-state index in [2.05, 4.69) is 20.6 Å². The molecule has 5 rings (SSSR count). The highest BCUT2D eigenvalue weighted by molar-refractivity contribution is 7.07. The highest BCUT2D eigenvalue weighted by atomic mass is 32.1. The fourth-order valence-corrected chi connectivity index (χ4v) is 5.16. The number of anilines is 2. The van der Waals surface area contributed by atoms with Gasteiger partial charge in [0.2, 0.25) is 5.91 Å². The first-order valence-electron chi connectivity index (χ1n) is 11.9. The number of halogens is 3. The highest BCUT2D eigenvalue weighted by Crippen LogP contribution is 2.36. The maximum Gasteiger partial charge on any atom is 0.418 e. The molecule has 0 saturated carbocycles. The minimum atomic E-state index is -4.56. The number of hydrogen-bond acceptors (Lipinski definition) is 7. The summed E-state index contributed by atoms with van der Waals surface area (Å²) in [6, 6.07) is 13.6. The molecule has 9 nitrogen and oxygen atoms in total. The second kappa shape index (κ2) is 10.7. The number of alkyl halides is 3. The number of nitrogens with zero attached hydrogens (tertiary/aromatic N) is 4. The van der Waals surface area contributed by atoms with Gasteiger partial charge in [-0.1, -0.05) is 18.2 Å². The largest absolute Gasteiger partial charge is 0.418 e. The van der Waals surface area contributed by atoms with Crippen LogP contribution in [0.3, 0.4) is 0 Å². The number of rotatable bonds is 7. The van der Waals surface area contributed by atoms with E-state index in [0.717, 1.165) is 34.8 Å². The summed E-state index contributed by atoms with van der Waals surface area (Å²) in [4.78, 5) is 30.9. The van der Waals surface area contributed by atoms with Crippen LogP contribution in [0.15, 0.2) is 71.2 Å². The predicted molar refractivity (Wildman–Crippen MR) is 141 cm³/mol. The molecule has 0 saturated heterocycles. The number of pyridine rings is 1. The number of carbonyl (C=O) groups excluding carboxylic acids is 1. The molecule has 3 heterocycles. The first kappa shape index (κ1) is 26.1. The maximum absolute atomic E-state index is 13.6. The first-order chi connectivity index (χ1) is 18.7. The Morgan fingerprint density at radius 2 is 1.97 bits per heavy atom. The van der Waals surface area contributed by atoms with E-state index in [9.17, 15) is 28.1 Å². The van der Waals surface area contributed by atoms with Gasteiger partial charge in [-0.3, -0.25) is 14.9 Å². The van der Waals surface area contributed by atoms with Gasteiger partial charge in [0.15, 0.2) is 4.80 Å². The van der Waals surface area contributed by atoms with Gasteiger partial charge < -0.3 is 15.2 Å². The van der Waals surface area contributed by atoms with Crippen LogP contribution in [-0.4, -0.2) is 26.9 Å². The first-order valence-corrected chi connectivity index (χ1v) is 12.7. The van der Waals surface area contributed by atoms with Gasteiger partial charge in [0.1, 0.15) is 12.0 Å². The van der Waals surface area contributed by atoms with Crippen molar-refractivity contribution >= 4 is 40.1 Å². The number of para-hydroxylation sites is 1. The van der Waals surface area contributed by atoms with Crippen molar-refractivity contribution in [2.45, 2.75) is 25.6 Å². The van der Waals surface area contributed by atoms with E-state index >= 15 is 0 Å². The van der Waals surface area contributed by atoms with Gasteiger partial charge in [-0.15, -0.1) is 11.3 Å². The van der Waals surface area contributed by atoms with E-state index in [1.807, 2.05) is 28.1 Å². The van der Waals surface area contributed by atoms with Gasteiger partial charge in [-0.2, -0.15) is 13.2 Å². The number of nitrogens with one attached hydrogen (secondary N) is 2. The molecule has 39 heavy (non-hydrogen) atoms. The lowest BCUT2D eigenvalue weighted by Crippen LogP contribution is -2.22. The molecule has 0 unspecified atom stereocenters. The lowest BCUT2D eigenvalue weighted by molar-refractivity contribution is -0.385. The summed E-state index contributed by atoms with van der Waals surface area (Å²) in [7, 11) is 0. The van der Waals surface area contributed by atoms with Gasteiger partial charge >= 0.3 is 6.18 Å². The number of aryl methyl sites for hydroxylation is 1. The van der Waals surface area contributed by atoms with Crippen LogP contribution in [0.5, 0.6) is 0 Å². The number of amides is 1.